The Morgan fingerprint density at radius 3 is 2.95 bits per heavy atom. The molecule has 2 aliphatic heterocycles. The molecule has 2 fully saturated rings. The number of fused-ring (bicyclic) bond motifs is 2. The summed E-state index contributed by atoms with van der Waals surface area (Å²) in [6.45, 7) is 0.711. The number of nitrogens with zero attached hydrogens (tertiary/aromatic N) is 1. The van der Waals surface area contributed by atoms with Crippen LogP contribution in [0.25, 0.3) is 0 Å². The molecule has 0 aliphatic carbocycles. The third kappa shape index (κ3) is 2.27. The topological polar surface area (TPSA) is 49.8 Å². The second kappa shape index (κ2) is 5.26. The smallest absolute Gasteiger partial charge is 0.308 e. The molecule has 5 heteroatoms. The first-order valence-electron chi connectivity index (χ1n) is 6.91. The Kier molecular flexibility index (Phi) is 3.61. The van der Waals surface area contributed by atoms with E-state index in [-0.39, 0.29) is 12.0 Å². The fourth-order valence-electron chi connectivity index (χ4n) is 3.68. The van der Waals surface area contributed by atoms with Gasteiger partial charge in [-0.25, -0.2) is 0 Å². The SMILES string of the molecule is COc1ccc(Cl)cc1CN1C2CCC1C(C(=O)O)C2. The van der Waals surface area contributed by atoms with Crippen LogP contribution in [0, 0.1) is 5.92 Å². The number of ether oxygens (including phenoxy) is 1. The average Bonchev–Trinajstić information content (AvgIpc) is 2.96. The van der Waals surface area contributed by atoms with E-state index in [0.717, 1.165) is 30.6 Å². The van der Waals surface area contributed by atoms with Crippen molar-refractivity contribution in [1.29, 1.82) is 0 Å². The molecule has 4 nitrogen and oxygen atoms in total. The molecule has 1 aromatic carbocycles. The monoisotopic (exact) mass is 295 g/mol. The van der Waals surface area contributed by atoms with E-state index < -0.39 is 5.97 Å². The summed E-state index contributed by atoms with van der Waals surface area (Å²) in [5.41, 5.74) is 1.03. The lowest BCUT2D eigenvalue weighted by Crippen LogP contribution is -2.32. The number of methoxy groups -OCH3 is 1. The van der Waals surface area contributed by atoms with Gasteiger partial charge in [-0.3, -0.25) is 9.69 Å². The summed E-state index contributed by atoms with van der Waals surface area (Å²) in [5, 5.41) is 9.97. The summed E-state index contributed by atoms with van der Waals surface area (Å²) >= 11 is 6.06. The van der Waals surface area contributed by atoms with Crippen LogP contribution in [-0.2, 0) is 11.3 Å². The van der Waals surface area contributed by atoms with Crippen molar-refractivity contribution in [3.8, 4) is 5.75 Å². The third-order valence-electron chi connectivity index (χ3n) is 4.59. The minimum Gasteiger partial charge on any atom is -0.496 e. The van der Waals surface area contributed by atoms with Crippen LogP contribution in [-0.4, -0.2) is 35.2 Å². The first-order chi connectivity index (χ1) is 9.60. The van der Waals surface area contributed by atoms with Crippen molar-refractivity contribution < 1.29 is 14.6 Å². The van der Waals surface area contributed by atoms with Gasteiger partial charge in [-0.05, 0) is 37.5 Å². The van der Waals surface area contributed by atoms with Gasteiger partial charge in [-0.2, -0.15) is 0 Å². The van der Waals surface area contributed by atoms with E-state index in [1.165, 1.54) is 0 Å². The van der Waals surface area contributed by atoms with E-state index in [9.17, 15) is 9.90 Å². The Hall–Kier alpha value is -1.26. The zero-order chi connectivity index (χ0) is 14.3. The Morgan fingerprint density at radius 2 is 2.30 bits per heavy atom. The highest BCUT2D eigenvalue weighted by atomic mass is 35.5. The van der Waals surface area contributed by atoms with Gasteiger partial charge in [0.15, 0.2) is 0 Å². The van der Waals surface area contributed by atoms with E-state index in [1.54, 1.807) is 7.11 Å². The molecule has 3 atom stereocenters. The Bertz CT molecular complexity index is 534. The Labute approximate surface area is 123 Å². The minimum absolute atomic E-state index is 0.154. The standard InChI is InChI=1S/C15H18ClNO3/c1-20-14-5-2-10(16)6-9(14)8-17-11-3-4-13(17)12(7-11)15(18)19/h2,5-6,11-13H,3-4,7-8H2,1H3,(H,18,19). The van der Waals surface area contributed by atoms with E-state index in [1.807, 2.05) is 18.2 Å². The van der Waals surface area contributed by atoms with Gasteiger partial charge in [-0.15, -0.1) is 0 Å². The minimum atomic E-state index is -0.666. The molecule has 2 saturated heterocycles. The normalized spacial score (nSPS) is 28.8. The lowest BCUT2D eigenvalue weighted by Gasteiger charge is -2.23. The van der Waals surface area contributed by atoms with Gasteiger partial charge in [0.25, 0.3) is 0 Å². The fourth-order valence-corrected chi connectivity index (χ4v) is 3.88. The highest BCUT2D eigenvalue weighted by Gasteiger charge is 2.49. The summed E-state index contributed by atoms with van der Waals surface area (Å²) in [5.74, 6) is -0.0771. The van der Waals surface area contributed by atoms with Crippen molar-refractivity contribution in [2.45, 2.75) is 37.9 Å². The second-order valence-corrected chi connectivity index (χ2v) is 6.04. The number of carboxylic acid groups (broad SMARTS) is 1. The number of halogens is 1. The van der Waals surface area contributed by atoms with Crippen LogP contribution in [0.15, 0.2) is 18.2 Å². The zero-order valence-corrected chi connectivity index (χ0v) is 12.1. The highest BCUT2D eigenvalue weighted by Crippen LogP contribution is 2.43. The summed E-state index contributed by atoms with van der Waals surface area (Å²) in [4.78, 5) is 13.6. The van der Waals surface area contributed by atoms with Crippen LogP contribution in [0.1, 0.15) is 24.8 Å². The molecule has 108 valence electrons. The van der Waals surface area contributed by atoms with Gasteiger partial charge in [0.05, 0.1) is 13.0 Å². The van der Waals surface area contributed by atoms with E-state index in [0.29, 0.717) is 17.6 Å². The molecular formula is C15H18ClNO3. The number of hydrogen-bond donors (Lipinski definition) is 1. The Balaban J connectivity index is 1.82. The maximum absolute atomic E-state index is 11.3. The van der Waals surface area contributed by atoms with Crippen LogP contribution in [0.5, 0.6) is 5.75 Å². The van der Waals surface area contributed by atoms with Crippen LogP contribution in [0.4, 0.5) is 0 Å². The molecule has 0 radical (unpaired) electrons. The molecular weight excluding hydrogens is 278 g/mol. The lowest BCUT2D eigenvalue weighted by molar-refractivity contribution is -0.142. The van der Waals surface area contributed by atoms with Crippen LogP contribution < -0.4 is 4.74 Å². The van der Waals surface area contributed by atoms with Gasteiger partial charge in [0, 0.05) is 29.2 Å². The molecule has 2 aliphatic rings. The molecule has 1 aromatic rings. The molecule has 2 bridgehead atoms. The number of carboxylic acids is 1. The highest BCUT2D eigenvalue weighted by molar-refractivity contribution is 6.30. The molecule has 20 heavy (non-hydrogen) atoms. The van der Waals surface area contributed by atoms with E-state index >= 15 is 0 Å². The van der Waals surface area contributed by atoms with Crippen molar-refractivity contribution in [3.63, 3.8) is 0 Å². The number of hydrogen-bond acceptors (Lipinski definition) is 3. The molecule has 0 amide bonds. The summed E-state index contributed by atoms with van der Waals surface area (Å²) in [7, 11) is 1.64. The summed E-state index contributed by atoms with van der Waals surface area (Å²) in [6, 6.07) is 6.12. The zero-order valence-electron chi connectivity index (χ0n) is 11.4. The maximum Gasteiger partial charge on any atom is 0.308 e. The molecule has 1 N–H and O–H groups in total. The quantitative estimate of drug-likeness (QED) is 0.928. The summed E-state index contributed by atoms with van der Waals surface area (Å²) in [6.07, 6.45) is 2.84. The maximum atomic E-state index is 11.3. The van der Waals surface area contributed by atoms with Crippen molar-refractivity contribution >= 4 is 17.6 Å². The Morgan fingerprint density at radius 1 is 1.50 bits per heavy atom. The average molecular weight is 296 g/mol. The van der Waals surface area contributed by atoms with Crippen molar-refractivity contribution in [2.75, 3.05) is 7.11 Å². The fraction of sp³-hybridized carbons (Fsp3) is 0.533. The molecule has 0 saturated carbocycles. The molecule has 0 aromatic heterocycles. The molecule has 3 unspecified atom stereocenters. The third-order valence-corrected chi connectivity index (χ3v) is 4.83. The predicted molar refractivity (Wildman–Crippen MR) is 76.1 cm³/mol. The van der Waals surface area contributed by atoms with Gasteiger partial charge >= 0.3 is 5.97 Å². The number of aliphatic carboxylic acids is 1. The van der Waals surface area contributed by atoms with Crippen molar-refractivity contribution in [1.82, 2.24) is 4.90 Å². The first-order valence-corrected chi connectivity index (χ1v) is 7.29. The number of carbonyl (C=O) groups is 1. The van der Waals surface area contributed by atoms with Gasteiger partial charge in [0.1, 0.15) is 5.75 Å². The van der Waals surface area contributed by atoms with Gasteiger partial charge in [0.2, 0.25) is 0 Å². The van der Waals surface area contributed by atoms with Crippen molar-refractivity contribution in [3.05, 3.63) is 28.8 Å². The molecule has 2 heterocycles. The van der Waals surface area contributed by atoms with Crippen LogP contribution >= 0.6 is 11.6 Å². The van der Waals surface area contributed by atoms with Crippen LogP contribution in [0.3, 0.4) is 0 Å². The molecule has 0 spiro atoms. The van der Waals surface area contributed by atoms with Gasteiger partial charge < -0.3 is 9.84 Å². The van der Waals surface area contributed by atoms with Crippen molar-refractivity contribution in [2.24, 2.45) is 5.92 Å². The first kappa shape index (κ1) is 13.7. The molecule has 3 rings (SSSR count). The lowest BCUT2D eigenvalue weighted by atomic mass is 9.89. The second-order valence-electron chi connectivity index (χ2n) is 5.61. The van der Waals surface area contributed by atoms with Crippen LogP contribution in [0.2, 0.25) is 5.02 Å². The summed E-state index contributed by atoms with van der Waals surface area (Å²) < 4.78 is 5.37. The van der Waals surface area contributed by atoms with E-state index in [4.69, 9.17) is 16.3 Å². The van der Waals surface area contributed by atoms with E-state index in [2.05, 4.69) is 4.90 Å². The number of rotatable bonds is 4. The van der Waals surface area contributed by atoms with Gasteiger partial charge in [-0.1, -0.05) is 11.6 Å². The predicted octanol–water partition coefficient (Wildman–Crippen LogP) is 2.79. The largest absolute Gasteiger partial charge is 0.496 e. The number of benzene rings is 1.